The average Bonchev–Trinajstić information content (AvgIpc) is 3.05. The fourth-order valence-corrected chi connectivity index (χ4v) is 2.85. The average molecular weight is 317 g/mol. The summed E-state index contributed by atoms with van der Waals surface area (Å²) >= 11 is 0. The Hall–Kier alpha value is -3.47. The number of benzene rings is 2. The molecule has 2 aromatic heterocycles. The van der Waals surface area contributed by atoms with Crippen molar-refractivity contribution in [3.8, 4) is 16.9 Å². The highest BCUT2D eigenvalue weighted by molar-refractivity contribution is 5.96. The van der Waals surface area contributed by atoms with Crippen LogP contribution in [0.1, 0.15) is 0 Å². The lowest BCUT2D eigenvalue weighted by atomic mass is 10.0. The fraction of sp³-hybridized carbons (Fsp3) is 0. The van der Waals surface area contributed by atoms with Crippen molar-refractivity contribution in [2.45, 2.75) is 0 Å². The molecule has 0 aliphatic rings. The largest absolute Gasteiger partial charge is 0.508 e. The van der Waals surface area contributed by atoms with Gasteiger partial charge in [-0.05, 0) is 47.5 Å². The summed E-state index contributed by atoms with van der Waals surface area (Å²) in [5.41, 5.74) is 3.77. The summed E-state index contributed by atoms with van der Waals surface area (Å²) in [4.78, 5) is 17.6. The summed E-state index contributed by atoms with van der Waals surface area (Å²) in [6, 6.07) is 16.6. The number of phenols is 1. The number of phenolic OH excluding ortho intramolecular Hbond substituents is 1. The summed E-state index contributed by atoms with van der Waals surface area (Å²) in [5, 5.41) is 14.2. The predicted octanol–water partition coefficient (Wildman–Crippen LogP) is 3.97. The Labute approximate surface area is 137 Å². The maximum Gasteiger partial charge on any atom is 0.271 e. The quantitative estimate of drug-likeness (QED) is 0.461. The maximum atomic E-state index is 11.8. The van der Waals surface area contributed by atoms with E-state index in [1.54, 1.807) is 30.5 Å². The van der Waals surface area contributed by atoms with E-state index in [1.165, 1.54) is 0 Å². The Kier molecular flexibility index (Phi) is 3.31. The first-order valence-electron chi connectivity index (χ1n) is 7.56. The van der Waals surface area contributed by atoms with Gasteiger partial charge in [0, 0.05) is 35.1 Å². The second kappa shape index (κ2) is 5.62. The van der Waals surface area contributed by atoms with E-state index in [9.17, 15) is 9.90 Å². The van der Waals surface area contributed by atoms with Gasteiger partial charge in [-0.15, -0.1) is 0 Å². The molecule has 0 saturated carbocycles. The van der Waals surface area contributed by atoms with E-state index in [0.717, 1.165) is 22.0 Å². The van der Waals surface area contributed by atoms with E-state index in [4.69, 9.17) is 0 Å². The number of pyridine rings is 1. The van der Waals surface area contributed by atoms with Gasteiger partial charge in [0.25, 0.3) is 5.56 Å². The molecule has 4 N–H and O–H groups in total. The monoisotopic (exact) mass is 317 g/mol. The van der Waals surface area contributed by atoms with Crippen molar-refractivity contribution >= 4 is 22.3 Å². The first-order valence-corrected chi connectivity index (χ1v) is 7.56. The van der Waals surface area contributed by atoms with E-state index in [2.05, 4.69) is 15.3 Å². The molecule has 118 valence electrons. The number of H-pyrrole nitrogens is 2. The van der Waals surface area contributed by atoms with Crippen LogP contribution in [0.25, 0.3) is 22.0 Å². The topological polar surface area (TPSA) is 80.9 Å². The number of anilines is 2. The van der Waals surface area contributed by atoms with E-state index in [-0.39, 0.29) is 11.3 Å². The Morgan fingerprint density at radius 2 is 1.83 bits per heavy atom. The molecule has 5 heteroatoms. The van der Waals surface area contributed by atoms with Crippen LogP contribution in [0.4, 0.5) is 11.4 Å². The molecular formula is C19H15N3O2. The Morgan fingerprint density at radius 3 is 2.71 bits per heavy atom. The number of rotatable bonds is 3. The highest BCUT2D eigenvalue weighted by atomic mass is 16.3. The molecule has 0 amide bonds. The molecule has 0 unspecified atom stereocenters. The van der Waals surface area contributed by atoms with Crippen LogP contribution in [-0.4, -0.2) is 15.1 Å². The van der Waals surface area contributed by atoms with Gasteiger partial charge in [-0.3, -0.25) is 4.79 Å². The minimum absolute atomic E-state index is 0.134. The lowest BCUT2D eigenvalue weighted by molar-refractivity contribution is 0.476. The summed E-state index contributed by atoms with van der Waals surface area (Å²) in [6.45, 7) is 0. The van der Waals surface area contributed by atoms with Crippen LogP contribution >= 0.6 is 0 Å². The minimum Gasteiger partial charge on any atom is -0.508 e. The summed E-state index contributed by atoms with van der Waals surface area (Å²) < 4.78 is 0. The zero-order valence-corrected chi connectivity index (χ0v) is 12.7. The summed E-state index contributed by atoms with van der Waals surface area (Å²) in [5.74, 6) is 0.134. The highest BCUT2D eigenvalue weighted by Crippen LogP contribution is 2.33. The number of aromatic amines is 2. The van der Waals surface area contributed by atoms with Crippen LogP contribution in [0.2, 0.25) is 0 Å². The Morgan fingerprint density at radius 1 is 0.917 bits per heavy atom. The molecule has 4 aromatic rings. The third kappa shape index (κ3) is 2.52. The third-order valence-electron chi connectivity index (χ3n) is 3.92. The third-order valence-corrected chi connectivity index (χ3v) is 3.92. The molecule has 0 radical (unpaired) electrons. The van der Waals surface area contributed by atoms with Gasteiger partial charge in [0.05, 0.1) is 0 Å². The highest BCUT2D eigenvalue weighted by Gasteiger charge is 2.08. The van der Waals surface area contributed by atoms with Gasteiger partial charge in [-0.25, -0.2) is 0 Å². The van der Waals surface area contributed by atoms with Crippen LogP contribution in [-0.2, 0) is 0 Å². The molecule has 4 rings (SSSR count). The van der Waals surface area contributed by atoms with E-state index >= 15 is 0 Å². The van der Waals surface area contributed by atoms with Crippen molar-refractivity contribution in [3.05, 3.63) is 77.3 Å². The zero-order chi connectivity index (χ0) is 16.5. The van der Waals surface area contributed by atoms with Gasteiger partial charge >= 0.3 is 0 Å². The molecule has 0 atom stereocenters. The lowest BCUT2D eigenvalue weighted by Crippen LogP contribution is -2.09. The van der Waals surface area contributed by atoms with Crippen LogP contribution in [0, 0.1) is 0 Å². The predicted molar refractivity (Wildman–Crippen MR) is 95.7 cm³/mol. The molecule has 0 aliphatic heterocycles. The van der Waals surface area contributed by atoms with Crippen LogP contribution in [0.3, 0.4) is 0 Å². The van der Waals surface area contributed by atoms with Crippen molar-refractivity contribution in [1.82, 2.24) is 9.97 Å². The number of nitrogens with one attached hydrogen (secondary N) is 3. The smallest absolute Gasteiger partial charge is 0.271 e. The molecule has 0 spiro atoms. The SMILES string of the molecule is O=c1[nH]cccc1Nc1cc(O)cc(-c2cccc3[nH]ccc23)c1. The van der Waals surface area contributed by atoms with Crippen molar-refractivity contribution in [1.29, 1.82) is 0 Å². The lowest BCUT2D eigenvalue weighted by Gasteiger charge is -2.10. The van der Waals surface area contributed by atoms with Crippen molar-refractivity contribution in [2.75, 3.05) is 5.32 Å². The maximum absolute atomic E-state index is 11.8. The first kappa shape index (κ1) is 14.1. The summed E-state index contributed by atoms with van der Waals surface area (Å²) in [6.07, 6.45) is 3.47. The summed E-state index contributed by atoms with van der Waals surface area (Å²) in [7, 11) is 0. The fourth-order valence-electron chi connectivity index (χ4n) is 2.85. The number of hydrogen-bond donors (Lipinski definition) is 4. The normalized spacial score (nSPS) is 10.8. The van der Waals surface area contributed by atoms with Crippen molar-refractivity contribution < 1.29 is 5.11 Å². The number of fused-ring (bicyclic) bond motifs is 1. The van der Waals surface area contributed by atoms with Gasteiger partial charge in [-0.1, -0.05) is 12.1 Å². The van der Waals surface area contributed by atoms with Gasteiger partial charge < -0.3 is 20.4 Å². The first-order chi connectivity index (χ1) is 11.7. The molecular weight excluding hydrogens is 302 g/mol. The van der Waals surface area contributed by atoms with Crippen molar-refractivity contribution in [2.24, 2.45) is 0 Å². The molecule has 5 nitrogen and oxygen atoms in total. The van der Waals surface area contributed by atoms with E-state index in [0.29, 0.717) is 11.4 Å². The van der Waals surface area contributed by atoms with E-state index < -0.39 is 0 Å². The molecule has 0 fully saturated rings. The number of aromatic nitrogens is 2. The van der Waals surface area contributed by atoms with Gasteiger partial charge in [0.15, 0.2) is 0 Å². The van der Waals surface area contributed by atoms with Crippen molar-refractivity contribution in [3.63, 3.8) is 0 Å². The van der Waals surface area contributed by atoms with Gasteiger partial charge in [-0.2, -0.15) is 0 Å². The zero-order valence-electron chi connectivity index (χ0n) is 12.7. The Bertz CT molecular complexity index is 1080. The standard InChI is InChI=1S/C19H15N3O2/c23-14-10-12(15-3-1-4-17-16(15)6-8-20-17)9-13(11-14)22-18-5-2-7-21-19(18)24/h1-11,20,22-23H,(H,21,24). The molecule has 24 heavy (non-hydrogen) atoms. The Balaban J connectivity index is 1.81. The van der Waals surface area contributed by atoms with Gasteiger partial charge in [0.1, 0.15) is 11.4 Å². The molecule has 0 bridgehead atoms. The van der Waals surface area contributed by atoms with Crippen LogP contribution in [0.5, 0.6) is 5.75 Å². The van der Waals surface area contributed by atoms with Gasteiger partial charge in [0.2, 0.25) is 0 Å². The number of hydrogen-bond acceptors (Lipinski definition) is 3. The molecule has 0 aliphatic carbocycles. The molecule has 2 heterocycles. The second-order valence-electron chi connectivity index (χ2n) is 5.55. The minimum atomic E-state index is -0.213. The number of aromatic hydroxyl groups is 1. The van der Waals surface area contributed by atoms with E-state index in [1.807, 2.05) is 36.5 Å². The van der Waals surface area contributed by atoms with Crippen LogP contribution in [0.15, 0.2) is 71.8 Å². The molecule has 2 aromatic carbocycles. The second-order valence-corrected chi connectivity index (χ2v) is 5.55. The molecule has 0 saturated heterocycles. The van der Waals surface area contributed by atoms with Crippen LogP contribution < -0.4 is 10.9 Å².